The highest BCUT2D eigenvalue weighted by Crippen LogP contribution is 2.19. The molecule has 1 rings (SSSR count). The summed E-state index contributed by atoms with van der Waals surface area (Å²) in [6.45, 7) is 1.67. The van der Waals surface area contributed by atoms with Gasteiger partial charge in [-0.3, -0.25) is 0 Å². The molecule has 0 radical (unpaired) electrons. The molecule has 0 aliphatic heterocycles. The van der Waals surface area contributed by atoms with Gasteiger partial charge in [0.05, 0.1) is 19.8 Å². The highest BCUT2D eigenvalue weighted by atomic mass is 35.5. The van der Waals surface area contributed by atoms with E-state index >= 15 is 0 Å². The third-order valence-electron chi connectivity index (χ3n) is 1.62. The zero-order chi connectivity index (χ0) is 10.4. The van der Waals surface area contributed by atoms with Gasteiger partial charge in [0, 0.05) is 17.2 Å². The van der Waals surface area contributed by atoms with Crippen LogP contribution in [0, 0.1) is 0 Å². The van der Waals surface area contributed by atoms with E-state index < -0.39 is 0 Å². The fourth-order valence-corrected chi connectivity index (χ4v) is 1.60. The molecule has 0 heterocycles. The van der Waals surface area contributed by atoms with Crippen molar-refractivity contribution in [2.75, 3.05) is 20.3 Å². The first-order valence-electron chi connectivity index (χ1n) is 4.24. The van der Waals surface area contributed by atoms with Crippen molar-refractivity contribution in [3.63, 3.8) is 0 Å². The van der Waals surface area contributed by atoms with Gasteiger partial charge in [-0.25, -0.2) is 0 Å². The molecular weight excluding hydrogens is 223 g/mol. The quantitative estimate of drug-likeness (QED) is 0.730. The van der Waals surface area contributed by atoms with Crippen LogP contribution in [0.3, 0.4) is 0 Å². The molecule has 0 amide bonds. The van der Waals surface area contributed by atoms with E-state index in [9.17, 15) is 0 Å². The molecule has 0 fully saturated rings. The SMILES string of the molecule is COCCOCc1cc(Cl)cc(Cl)c1. The van der Waals surface area contributed by atoms with Crippen LogP contribution in [0.5, 0.6) is 0 Å². The van der Waals surface area contributed by atoms with E-state index in [0.717, 1.165) is 5.56 Å². The van der Waals surface area contributed by atoms with Gasteiger partial charge in [0.15, 0.2) is 0 Å². The number of ether oxygens (including phenoxy) is 2. The van der Waals surface area contributed by atoms with Crippen molar-refractivity contribution in [2.24, 2.45) is 0 Å². The molecule has 0 aliphatic carbocycles. The van der Waals surface area contributed by atoms with Crippen molar-refractivity contribution in [3.8, 4) is 0 Å². The lowest BCUT2D eigenvalue weighted by Gasteiger charge is -2.04. The second-order valence-electron chi connectivity index (χ2n) is 2.82. The van der Waals surface area contributed by atoms with Crippen molar-refractivity contribution in [3.05, 3.63) is 33.8 Å². The summed E-state index contributed by atoms with van der Waals surface area (Å²) in [4.78, 5) is 0. The minimum Gasteiger partial charge on any atom is -0.382 e. The third kappa shape index (κ3) is 4.29. The van der Waals surface area contributed by atoms with Crippen LogP contribution in [0.25, 0.3) is 0 Å². The van der Waals surface area contributed by atoms with Crippen LogP contribution in [-0.4, -0.2) is 20.3 Å². The highest BCUT2D eigenvalue weighted by Gasteiger charge is 1.98. The summed E-state index contributed by atoms with van der Waals surface area (Å²) >= 11 is 11.7. The Hall–Kier alpha value is -0.280. The first-order chi connectivity index (χ1) is 6.72. The van der Waals surface area contributed by atoms with E-state index in [0.29, 0.717) is 29.9 Å². The highest BCUT2D eigenvalue weighted by molar-refractivity contribution is 6.34. The maximum atomic E-state index is 5.83. The minimum absolute atomic E-state index is 0.504. The molecule has 1 aromatic carbocycles. The van der Waals surface area contributed by atoms with E-state index in [1.165, 1.54) is 0 Å². The number of hydrogen-bond acceptors (Lipinski definition) is 2. The molecular formula is C10H12Cl2O2. The van der Waals surface area contributed by atoms with Crippen molar-refractivity contribution >= 4 is 23.2 Å². The van der Waals surface area contributed by atoms with Crippen molar-refractivity contribution in [2.45, 2.75) is 6.61 Å². The lowest BCUT2D eigenvalue weighted by Crippen LogP contribution is -2.01. The molecule has 1 aromatic rings. The molecule has 0 bridgehead atoms. The molecule has 4 heteroatoms. The number of methoxy groups -OCH3 is 1. The van der Waals surface area contributed by atoms with Crippen LogP contribution in [-0.2, 0) is 16.1 Å². The van der Waals surface area contributed by atoms with Gasteiger partial charge in [-0.05, 0) is 23.8 Å². The fourth-order valence-electron chi connectivity index (χ4n) is 1.03. The molecule has 2 nitrogen and oxygen atoms in total. The largest absolute Gasteiger partial charge is 0.382 e. The Labute approximate surface area is 93.7 Å². The minimum atomic E-state index is 0.504. The summed E-state index contributed by atoms with van der Waals surface area (Å²) in [5.74, 6) is 0. The van der Waals surface area contributed by atoms with E-state index in [2.05, 4.69) is 0 Å². The van der Waals surface area contributed by atoms with Crippen molar-refractivity contribution < 1.29 is 9.47 Å². The number of benzene rings is 1. The van der Waals surface area contributed by atoms with Gasteiger partial charge >= 0.3 is 0 Å². The van der Waals surface area contributed by atoms with Crippen LogP contribution in [0.15, 0.2) is 18.2 Å². The molecule has 0 unspecified atom stereocenters. The van der Waals surface area contributed by atoms with Gasteiger partial charge in [-0.15, -0.1) is 0 Å². The zero-order valence-corrected chi connectivity index (χ0v) is 9.44. The second-order valence-corrected chi connectivity index (χ2v) is 3.70. The van der Waals surface area contributed by atoms with E-state index in [1.54, 1.807) is 13.2 Å². The van der Waals surface area contributed by atoms with E-state index in [-0.39, 0.29) is 0 Å². The molecule has 0 atom stereocenters. The number of hydrogen-bond donors (Lipinski definition) is 0. The zero-order valence-electron chi connectivity index (χ0n) is 7.93. The lowest BCUT2D eigenvalue weighted by atomic mass is 10.2. The summed E-state index contributed by atoms with van der Waals surface area (Å²) < 4.78 is 10.2. The third-order valence-corrected chi connectivity index (χ3v) is 2.06. The standard InChI is InChI=1S/C10H12Cl2O2/c1-13-2-3-14-7-8-4-9(11)6-10(12)5-8/h4-6H,2-3,7H2,1H3. The Bertz CT molecular complexity index is 269. The molecule has 0 aromatic heterocycles. The van der Waals surface area contributed by atoms with Crippen LogP contribution >= 0.6 is 23.2 Å². The van der Waals surface area contributed by atoms with Crippen molar-refractivity contribution in [1.82, 2.24) is 0 Å². The maximum absolute atomic E-state index is 5.83. The molecule has 0 N–H and O–H groups in total. The van der Waals surface area contributed by atoms with Crippen LogP contribution in [0.2, 0.25) is 10.0 Å². The fraction of sp³-hybridized carbons (Fsp3) is 0.400. The predicted molar refractivity (Wildman–Crippen MR) is 58.0 cm³/mol. The van der Waals surface area contributed by atoms with Gasteiger partial charge in [0.25, 0.3) is 0 Å². The normalized spacial score (nSPS) is 10.5. The predicted octanol–water partition coefficient (Wildman–Crippen LogP) is 3.16. The Morgan fingerprint density at radius 2 is 1.71 bits per heavy atom. The smallest absolute Gasteiger partial charge is 0.0719 e. The summed E-state index contributed by atoms with van der Waals surface area (Å²) in [5.41, 5.74) is 0.971. The van der Waals surface area contributed by atoms with Gasteiger partial charge < -0.3 is 9.47 Å². The topological polar surface area (TPSA) is 18.5 Å². The Morgan fingerprint density at radius 1 is 1.07 bits per heavy atom. The average molecular weight is 235 g/mol. The summed E-state index contributed by atoms with van der Waals surface area (Å²) in [6, 6.07) is 5.36. The van der Waals surface area contributed by atoms with Crippen LogP contribution in [0.4, 0.5) is 0 Å². The molecule has 0 spiro atoms. The van der Waals surface area contributed by atoms with Crippen LogP contribution in [0.1, 0.15) is 5.56 Å². The molecule has 0 aliphatic rings. The Balaban J connectivity index is 2.42. The van der Waals surface area contributed by atoms with E-state index in [4.69, 9.17) is 32.7 Å². The van der Waals surface area contributed by atoms with Gasteiger partial charge in [-0.2, -0.15) is 0 Å². The Kier molecular flexibility index (Phi) is 5.26. The summed E-state index contributed by atoms with van der Waals surface area (Å²) in [6.07, 6.45) is 0. The first kappa shape index (κ1) is 11.8. The monoisotopic (exact) mass is 234 g/mol. The molecule has 0 saturated heterocycles. The maximum Gasteiger partial charge on any atom is 0.0719 e. The molecule has 78 valence electrons. The molecule has 14 heavy (non-hydrogen) atoms. The van der Waals surface area contributed by atoms with Gasteiger partial charge in [0.1, 0.15) is 0 Å². The Morgan fingerprint density at radius 3 is 2.29 bits per heavy atom. The second kappa shape index (κ2) is 6.25. The van der Waals surface area contributed by atoms with Crippen LogP contribution < -0.4 is 0 Å². The van der Waals surface area contributed by atoms with Crippen molar-refractivity contribution in [1.29, 1.82) is 0 Å². The lowest BCUT2D eigenvalue weighted by molar-refractivity contribution is 0.0617. The first-order valence-corrected chi connectivity index (χ1v) is 4.99. The summed E-state index contributed by atoms with van der Waals surface area (Å²) in [5, 5.41) is 1.26. The average Bonchev–Trinajstić information content (AvgIpc) is 2.11. The van der Waals surface area contributed by atoms with E-state index in [1.807, 2.05) is 12.1 Å². The summed E-state index contributed by atoms with van der Waals surface area (Å²) in [7, 11) is 1.64. The number of rotatable bonds is 5. The van der Waals surface area contributed by atoms with Gasteiger partial charge in [-0.1, -0.05) is 23.2 Å². The molecule has 0 saturated carbocycles. The van der Waals surface area contributed by atoms with Gasteiger partial charge in [0.2, 0.25) is 0 Å². The number of halogens is 2.